The predicted octanol–water partition coefficient (Wildman–Crippen LogP) is 5.55. The van der Waals surface area contributed by atoms with Crippen LogP contribution in [0.3, 0.4) is 0 Å². The zero-order chi connectivity index (χ0) is 18.0. The minimum atomic E-state index is -0.765. The van der Waals surface area contributed by atoms with Gasteiger partial charge in [0.2, 0.25) is 5.96 Å². The number of rotatable bonds is 1. The van der Waals surface area contributed by atoms with Crippen LogP contribution in [0.4, 0.5) is 22.1 Å². The van der Waals surface area contributed by atoms with Crippen molar-refractivity contribution in [3.05, 3.63) is 84.4 Å². The first-order chi connectivity index (χ1) is 13.3. The summed E-state index contributed by atoms with van der Waals surface area (Å²) in [5, 5.41) is 13.3. The molecule has 1 aromatic heterocycles. The molecule has 0 fully saturated rings. The van der Waals surface area contributed by atoms with Crippen molar-refractivity contribution >= 4 is 49.4 Å². The van der Waals surface area contributed by atoms with Gasteiger partial charge in [0.05, 0.1) is 11.4 Å². The Morgan fingerprint density at radius 2 is 1.52 bits per heavy atom. The van der Waals surface area contributed by atoms with Gasteiger partial charge in [-0.15, -0.1) is 11.3 Å². The number of fused-ring (bicyclic) bond motifs is 6. The smallest absolute Gasteiger partial charge is 0.219 e. The Morgan fingerprint density at radius 3 is 2.37 bits per heavy atom. The number of hydrogen-bond acceptors (Lipinski definition) is 5. The SMILES string of the molecule is OC1c2c(sc3ccccc23)N=C2N(c3ccccc3)c3ccccc3N21. The standard InChI is InChI=1S/C22H15N3OS/c26-21-19-15-10-4-7-13-18(15)27-20(19)23-22-24(14-8-2-1-3-9-14)16-11-5-6-12-17(16)25(21)22/h1-13,21,26H. The van der Waals surface area contributed by atoms with E-state index in [9.17, 15) is 5.11 Å². The Morgan fingerprint density at radius 1 is 0.815 bits per heavy atom. The second-order valence-corrected chi connectivity index (χ2v) is 7.66. The van der Waals surface area contributed by atoms with Crippen molar-refractivity contribution < 1.29 is 5.11 Å². The van der Waals surface area contributed by atoms with Crippen molar-refractivity contribution in [3.8, 4) is 0 Å². The van der Waals surface area contributed by atoms with Gasteiger partial charge >= 0.3 is 0 Å². The molecule has 0 amide bonds. The summed E-state index contributed by atoms with van der Waals surface area (Å²) in [6, 6.07) is 26.5. The number of aliphatic hydroxyl groups is 1. The van der Waals surface area contributed by atoms with Gasteiger partial charge in [-0.2, -0.15) is 0 Å². The lowest BCUT2D eigenvalue weighted by Gasteiger charge is -2.31. The quantitative estimate of drug-likeness (QED) is 0.478. The van der Waals surface area contributed by atoms with Crippen molar-refractivity contribution in [2.45, 2.75) is 6.23 Å². The van der Waals surface area contributed by atoms with Crippen LogP contribution in [0.5, 0.6) is 0 Å². The molecule has 3 aromatic carbocycles. The molecule has 130 valence electrons. The van der Waals surface area contributed by atoms with Crippen LogP contribution in [-0.4, -0.2) is 11.1 Å². The Kier molecular flexibility index (Phi) is 3.01. The Balaban J connectivity index is 1.64. The normalized spacial score (nSPS) is 17.5. The number of guanidine groups is 1. The summed E-state index contributed by atoms with van der Waals surface area (Å²) in [6.45, 7) is 0. The average Bonchev–Trinajstić information content (AvgIpc) is 3.24. The predicted molar refractivity (Wildman–Crippen MR) is 111 cm³/mol. The topological polar surface area (TPSA) is 39.1 Å². The number of nitrogens with zero attached hydrogens (tertiary/aromatic N) is 3. The zero-order valence-corrected chi connectivity index (χ0v) is 15.1. The van der Waals surface area contributed by atoms with Crippen LogP contribution in [0.15, 0.2) is 83.9 Å². The molecule has 1 unspecified atom stereocenters. The van der Waals surface area contributed by atoms with Gasteiger partial charge in [0, 0.05) is 21.3 Å². The maximum atomic E-state index is 11.4. The molecule has 1 atom stereocenters. The summed E-state index contributed by atoms with van der Waals surface area (Å²) >= 11 is 1.63. The molecule has 0 bridgehead atoms. The van der Waals surface area contributed by atoms with E-state index in [4.69, 9.17) is 4.99 Å². The maximum absolute atomic E-state index is 11.4. The molecule has 0 radical (unpaired) electrons. The lowest BCUT2D eigenvalue weighted by Crippen LogP contribution is -2.40. The van der Waals surface area contributed by atoms with Gasteiger partial charge in [0.1, 0.15) is 5.00 Å². The second-order valence-electron chi connectivity index (χ2n) is 6.63. The molecule has 2 aliphatic heterocycles. The third-order valence-electron chi connectivity index (χ3n) is 5.13. The highest BCUT2D eigenvalue weighted by Crippen LogP contribution is 2.52. The van der Waals surface area contributed by atoms with E-state index in [-0.39, 0.29) is 0 Å². The molecule has 5 heteroatoms. The number of aliphatic imine (C=N–C) groups is 1. The monoisotopic (exact) mass is 369 g/mol. The summed E-state index contributed by atoms with van der Waals surface area (Å²) in [5.74, 6) is 0.744. The first kappa shape index (κ1) is 15.0. The van der Waals surface area contributed by atoms with E-state index in [1.807, 2.05) is 53.4 Å². The number of hydrogen-bond donors (Lipinski definition) is 1. The van der Waals surface area contributed by atoms with E-state index < -0.39 is 6.23 Å². The Labute approximate surface area is 160 Å². The van der Waals surface area contributed by atoms with Gasteiger partial charge in [0.15, 0.2) is 6.23 Å². The summed E-state index contributed by atoms with van der Waals surface area (Å²) in [7, 11) is 0. The first-order valence-corrected chi connectivity index (χ1v) is 9.66. The van der Waals surface area contributed by atoms with Crippen molar-refractivity contribution in [2.24, 2.45) is 4.99 Å². The van der Waals surface area contributed by atoms with Gasteiger partial charge in [-0.3, -0.25) is 9.80 Å². The van der Waals surface area contributed by atoms with E-state index in [0.29, 0.717) is 0 Å². The maximum Gasteiger partial charge on any atom is 0.219 e. The van der Waals surface area contributed by atoms with Gasteiger partial charge in [0.25, 0.3) is 0 Å². The lowest BCUT2D eigenvalue weighted by molar-refractivity contribution is 0.189. The van der Waals surface area contributed by atoms with Crippen molar-refractivity contribution in [2.75, 3.05) is 9.80 Å². The van der Waals surface area contributed by atoms with Crippen LogP contribution in [0.2, 0.25) is 0 Å². The number of thiophene rings is 1. The summed E-state index contributed by atoms with van der Waals surface area (Å²) in [5.41, 5.74) is 3.92. The second kappa shape index (κ2) is 5.42. The van der Waals surface area contributed by atoms with Crippen LogP contribution < -0.4 is 9.80 Å². The van der Waals surface area contributed by atoms with Crippen LogP contribution in [-0.2, 0) is 0 Å². The number of anilines is 3. The highest BCUT2D eigenvalue weighted by atomic mass is 32.1. The molecule has 3 heterocycles. The van der Waals surface area contributed by atoms with Crippen molar-refractivity contribution in [3.63, 3.8) is 0 Å². The minimum absolute atomic E-state index is 0.744. The lowest BCUT2D eigenvalue weighted by atomic mass is 10.1. The van der Waals surface area contributed by atoms with Gasteiger partial charge in [-0.05, 0) is 30.3 Å². The van der Waals surface area contributed by atoms with Crippen LogP contribution in [0.1, 0.15) is 11.8 Å². The summed E-state index contributed by atoms with van der Waals surface area (Å²) in [6.07, 6.45) is -0.765. The van der Waals surface area contributed by atoms with E-state index >= 15 is 0 Å². The molecular formula is C22H15N3OS. The highest BCUT2D eigenvalue weighted by Gasteiger charge is 2.42. The van der Waals surface area contributed by atoms with E-state index in [1.54, 1.807) is 11.3 Å². The van der Waals surface area contributed by atoms with Gasteiger partial charge < -0.3 is 5.11 Å². The number of para-hydroxylation sites is 3. The molecule has 27 heavy (non-hydrogen) atoms. The van der Waals surface area contributed by atoms with Crippen LogP contribution in [0.25, 0.3) is 10.1 Å². The molecular weight excluding hydrogens is 354 g/mol. The molecule has 4 nitrogen and oxygen atoms in total. The summed E-state index contributed by atoms with van der Waals surface area (Å²) < 4.78 is 1.15. The summed E-state index contributed by atoms with van der Waals surface area (Å²) in [4.78, 5) is 9.05. The largest absolute Gasteiger partial charge is 0.369 e. The minimum Gasteiger partial charge on any atom is -0.369 e. The van der Waals surface area contributed by atoms with Crippen molar-refractivity contribution in [1.82, 2.24) is 0 Å². The molecule has 6 rings (SSSR count). The molecule has 0 spiro atoms. The fraction of sp³-hybridized carbons (Fsp3) is 0.0455. The number of benzene rings is 3. The molecule has 0 aliphatic carbocycles. The van der Waals surface area contributed by atoms with Crippen molar-refractivity contribution in [1.29, 1.82) is 0 Å². The van der Waals surface area contributed by atoms with E-state index in [0.717, 1.165) is 43.7 Å². The molecule has 0 saturated carbocycles. The fourth-order valence-electron chi connectivity index (χ4n) is 3.96. The number of aliphatic hydroxyl groups excluding tert-OH is 1. The van der Waals surface area contributed by atoms with E-state index in [1.165, 1.54) is 0 Å². The first-order valence-electron chi connectivity index (χ1n) is 8.84. The fourth-order valence-corrected chi connectivity index (χ4v) is 5.06. The Bertz CT molecular complexity index is 1210. The average molecular weight is 369 g/mol. The third kappa shape index (κ3) is 1.98. The third-order valence-corrected chi connectivity index (χ3v) is 6.21. The molecule has 1 N–H and O–H groups in total. The van der Waals surface area contributed by atoms with E-state index in [2.05, 4.69) is 35.2 Å². The highest BCUT2D eigenvalue weighted by molar-refractivity contribution is 7.22. The molecule has 2 aliphatic rings. The molecule has 0 saturated heterocycles. The zero-order valence-electron chi connectivity index (χ0n) is 14.3. The van der Waals surface area contributed by atoms with Crippen LogP contribution >= 0.6 is 11.3 Å². The Hall–Kier alpha value is -3.15. The van der Waals surface area contributed by atoms with Gasteiger partial charge in [-0.25, -0.2) is 4.99 Å². The van der Waals surface area contributed by atoms with Gasteiger partial charge in [-0.1, -0.05) is 48.5 Å². The van der Waals surface area contributed by atoms with Crippen LogP contribution in [0, 0.1) is 0 Å². The molecule has 4 aromatic rings.